The quantitative estimate of drug-likeness (QED) is 0.726. The summed E-state index contributed by atoms with van der Waals surface area (Å²) in [5.74, 6) is 0.505. The lowest BCUT2D eigenvalue weighted by Gasteiger charge is -1.94. The van der Waals surface area contributed by atoms with E-state index in [2.05, 4.69) is 26.1 Å². The summed E-state index contributed by atoms with van der Waals surface area (Å²) in [6.45, 7) is 3.16. The van der Waals surface area contributed by atoms with Crippen LogP contribution in [0.3, 0.4) is 0 Å². The van der Waals surface area contributed by atoms with Gasteiger partial charge in [0.15, 0.2) is 0 Å². The molecule has 5 heteroatoms. The van der Waals surface area contributed by atoms with Crippen molar-refractivity contribution in [3.8, 4) is 0 Å². The lowest BCUT2D eigenvalue weighted by Crippen LogP contribution is -1.93. The standard InChI is InChI=1S/C6H9BrN2O2/c1-2-3-10-4-5-8-6(7)9-11-5/h2-4H2,1H3. The number of halogens is 1. The number of ether oxygens (including phenoxy) is 1. The number of hydrogen-bond donors (Lipinski definition) is 0. The molecular weight excluding hydrogens is 212 g/mol. The van der Waals surface area contributed by atoms with Gasteiger partial charge in [0.1, 0.15) is 6.61 Å². The minimum absolute atomic E-state index is 0.395. The van der Waals surface area contributed by atoms with E-state index in [9.17, 15) is 0 Å². The molecule has 0 aliphatic carbocycles. The Balaban J connectivity index is 2.27. The van der Waals surface area contributed by atoms with Crippen LogP contribution in [-0.4, -0.2) is 16.7 Å². The Morgan fingerprint density at radius 1 is 1.64 bits per heavy atom. The fraction of sp³-hybridized carbons (Fsp3) is 0.667. The van der Waals surface area contributed by atoms with Crippen LogP contribution in [-0.2, 0) is 11.3 Å². The average molecular weight is 221 g/mol. The van der Waals surface area contributed by atoms with Crippen molar-refractivity contribution in [1.29, 1.82) is 0 Å². The molecule has 11 heavy (non-hydrogen) atoms. The predicted molar refractivity (Wildman–Crippen MR) is 41.9 cm³/mol. The van der Waals surface area contributed by atoms with Crippen LogP contribution in [0.25, 0.3) is 0 Å². The normalized spacial score (nSPS) is 10.4. The van der Waals surface area contributed by atoms with Gasteiger partial charge in [0.2, 0.25) is 4.73 Å². The highest BCUT2D eigenvalue weighted by molar-refractivity contribution is 9.10. The molecule has 0 fully saturated rings. The SMILES string of the molecule is CCCOCc1nc(Br)no1. The third-order valence-electron chi connectivity index (χ3n) is 1.02. The van der Waals surface area contributed by atoms with Gasteiger partial charge >= 0.3 is 0 Å². The van der Waals surface area contributed by atoms with Crippen molar-refractivity contribution in [2.45, 2.75) is 20.0 Å². The van der Waals surface area contributed by atoms with Crippen molar-refractivity contribution < 1.29 is 9.26 Å². The third kappa shape index (κ3) is 2.98. The van der Waals surface area contributed by atoms with Gasteiger partial charge in [-0.2, -0.15) is 4.98 Å². The maximum atomic E-state index is 5.17. The molecule has 62 valence electrons. The van der Waals surface area contributed by atoms with Gasteiger partial charge in [-0.3, -0.25) is 0 Å². The first-order valence-corrected chi connectivity index (χ1v) is 4.18. The van der Waals surface area contributed by atoms with Gasteiger partial charge in [0.05, 0.1) is 0 Å². The molecule has 0 unspecified atom stereocenters. The summed E-state index contributed by atoms with van der Waals surface area (Å²) >= 11 is 3.07. The highest BCUT2D eigenvalue weighted by Crippen LogP contribution is 2.04. The first kappa shape index (κ1) is 8.67. The number of aromatic nitrogens is 2. The molecule has 0 saturated carbocycles. The molecule has 4 nitrogen and oxygen atoms in total. The van der Waals surface area contributed by atoms with Crippen LogP contribution < -0.4 is 0 Å². The molecular formula is C6H9BrN2O2. The van der Waals surface area contributed by atoms with Gasteiger partial charge in [-0.15, -0.1) is 0 Å². The highest BCUT2D eigenvalue weighted by atomic mass is 79.9. The van der Waals surface area contributed by atoms with Crippen LogP contribution >= 0.6 is 15.9 Å². The van der Waals surface area contributed by atoms with Crippen LogP contribution in [0.2, 0.25) is 0 Å². The van der Waals surface area contributed by atoms with Crippen LogP contribution in [0.4, 0.5) is 0 Å². The molecule has 1 rings (SSSR count). The number of nitrogens with zero attached hydrogens (tertiary/aromatic N) is 2. The summed E-state index contributed by atoms with van der Waals surface area (Å²) in [6.07, 6.45) is 0.995. The van der Waals surface area contributed by atoms with E-state index < -0.39 is 0 Å². The summed E-state index contributed by atoms with van der Waals surface area (Å²) < 4.78 is 10.4. The highest BCUT2D eigenvalue weighted by Gasteiger charge is 2.01. The van der Waals surface area contributed by atoms with E-state index in [4.69, 9.17) is 9.26 Å². The Kier molecular flexibility index (Phi) is 3.51. The Labute approximate surface area is 73.1 Å². The van der Waals surface area contributed by atoms with Gasteiger partial charge in [-0.05, 0) is 27.5 Å². The molecule has 0 aliphatic rings. The largest absolute Gasteiger partial charge is 0.372 e. The molecule has 0 amide bonds. The van der Waals surface area contributed by atoms with Crippen molar-refractivity contribution in [3.63, 3.8) is 0 Å². The smallest absolute Gasteiger partial charge is 0.253 e. The van der Waals surface area contributed by atoms with Crippen molar-refractivity contribution in [2.24, 2.45) is 0 Å². The van der Waals surface area contributed by atoms with Crippen molar-refractivity contribution in [2.75, 3.05) is 6.61 Å². The minimum atomic E-state index is 0.395. The molecule has 0 spiro atoms. The van der Waals surface area contributed by atoms with Crippen LogP contribution in [0.1, 0.15) is 19.2 Å². The van der Waals surface area contributed by atoms with Gasteiger partial charge < -0.3 is 9.26 Å². The molecule has 0 radical (unpaired) electrons. The summed E-state index contributed by atoms with van der Waals surface area (Å²) in [5, 5.41) is 3.55. The van der Waals surface area contributed by atoms with Gasteiger partial charge in [0.25, 0.3) is 5.89 Å². The van der Waals surface area contributed by atoms with Crippen LogP contribution in [0.15, 0.2) is 9.26 Å². The Morgan fingerprint density at radius 3 is 3.00 bits per heavy atom. The molecule has 1 heterocycles. The Hall–Kier alpha value is -0.420. The monoisotopic (exact) mass is 220 g/mol. The maximum absolute atomic E-state index is 5.17. The minimum Gasteiger partial charge on any atom is -0.372 e. The second kappa shape index (κ2) is 4.46. The van der Waals surface area contributed by atoms with Gasteiger partial charge in [-0.1, -0.05) is 6.92 Å². The molecule has 0 aromatic carbocycles. The summed E-state index contributed by atoms with van der Waals surface area (Å²) in [5.41, 5.74) is 0. The zero-order valence-corrected chi connectivity index (χ0v) is 7.80. The molecule has 0 N–H and O–H groups in total. The van der Waals surface area contributed by atoms with Crippen molar-refractivity contribution in [3.05, 3.63) is 10.6 Å². The van der Waals surface area contributed by atoms with E-state index >= 15 is 0 Å². The zero-order valence-electron chi connectivity index (χ0n) is 6.21. The predicted octanol–water partition coefficient (Wildman–Crippen LogP) is 1.76. The lowest BCUT2D eigenvalue weighted by atomic mass is 10.5. The maximum Gasteiger partial charge on any atom is 0.253 e. The van der Waals surface area contributed by atoms with Crippen LogP contribution in [0, 0.1) is 0 Å². The lowest BCUT2D eigenvalue weighted by molar-refractivity contribution is 0.0981. The molecule has 1 aromatic rings. The average Bonchev–Trinajstić information content (AvgIpc) is 2.37. The topological polar surface area (TPSA) is 48.2 Å². The van der Waals surface area contributed by atoms with Crippen molar-refractivity contribution >= 4 is 15.9 Å². The number of rotatable bonds is 4. The summed E-state index contributed by atoms with van der Waals surface area (Å²) in [7, 11) is 0. The van der Waals surface area contributed by atoms with E-state index in [1.165, 1.54) is 0 Å². The third-order valence-corrected chi connectivity index (χ3v) is 1.34. The van der Waals surface area contributed by atoms with E-state index in [1.54, 1.807) is 0 Å². The fourth-order valence-electron chi connectivity index (χ4n) is 0.597. The molecule has 0 atom stereocenters. The second-order valence-electron chi connectivity index (χ2n) is 2.01. The summed E-state index contributed by atoms with van der Waals surface area (Å²) in [4.78, 5) is 3.90. The zero-order chi connectivity index (χ0) is 8.10. The van der Waals surface area contributed by atoms with Gasteiger partial charge in [-0.25, -0.2) is 0 Å². The van der Waals surface area contributed by atoms with Gasteiger partial charge in [0, 0.05) is 6.61 Å². The number of hydrogen-bond acceptors (Lipinski definition) is 4. The molecule has 0 saturated heterocycles. The van der Waals surface area contributed by atoms with E-state index in [0.717, 1.165) is 13.0 Å². The molecule has 1 aromatic heterocycles. The van der Waals surface area contributed by atoms with E-state index in [0.29, 0.717) is 17.2 Å². The first-order chi connectivity index (χ1) is 5.33. The van der Waals surface area contributed by atoms with Crippen molar-refractivity contribution in [1.82, 2.24) is 10.1 Å². The summed E-state index contributed by atoms with van der Waals surface area (Å²) in [6, 6.07) is 0. The Bertz CT molecular complexity index is 214. The second-order valence-corrected chi connectivity index (χ2v) is 2.72. The fourth-order valence-corrected chi connectivity index (χ4v) is 0.867. The molecule has 0 bridgehead atoms. The first-order valence-electron chi connectivity index (χ1n) is 3.38. The van der Waals surface area contributed by atoms with E-state index in [1.807, 2.05) is 6.92 Å². The van der Waals surface area contributed by atoms with Crippen LogP contribution in [0.5, 0.6) is 0 Å². The Morgan fingerprint density at radius 2 is 2.45 bits per heavy atom. The molecule has 0 aliphatic heterocycles. The van der Waals surface area contributed by atoms with E-state index in [-0.39, 0.29) is 0 Å².